The maximum Gasteiger partial charge on any atom is 0.293 e. The first kappa shape index (κ1) is 23.9. The molecule has 1 spiro atoms. The Bertz CT molecular complexity index is 1380. The molecule has 0 unspecified atom stereocenters. The minimum absolute atomic E-state index is 0.0515. The number of carbonyl (C=O) groups excluding carboxylic acids is 1. The van der Waals surface area contributed by atoms with E-state index in [-0.39, 0.29) is 22.7 Å². The molecule has 0 bridgehead atoms. The number of nitrogens with zero attached hydrogens (tertiary/aromatic N) is 5. The normalized spacial score (nSPS) is 21.3. The zero-order chi connectivity index (χ0) is 25.9. The van der Waals surface area contributed by atoms with Crippen molar-refractivity contribution in [2.45, 2.75) is 56.9 Å². The number of pyridine rings is 1. The molecule has 1 aliphatic carbocycles. The van der Waals surface area contributed by atoms with Crippen LogP contribution in [0.3, 0.4) is 0 Å². The van der Waals surface area contributed by atoms with Crippen LogP contribution >= 0.6 is 0 Å². The molecule has 1 atom stereocenters. The average Bonchev–Trinajstić information content (AvgIpc) is 3.34. The van der Waals surface area contributed by atoms with Gasteiger partial charge in [0.15, 0.2) is 0 Å². The molecule has 1 saturated heterocycles. The molecule has 6 rings (SSSR count). The van der Waals surface area contributed by atoms with Crippen molar-refractivity contribution in [3.05, 3.63) is 65.2 Å². The van der Waals surface area contributed by atoms with Crippen molar-refractivity contribution in [1.82, 2.24) is 15.0 Å². The Kier molecular flexibility index (Phi) is 5.52. The summed E-state index contributed by atoms with van der Waals surface area (Å²) >= 11 is 0. The van der Waals surface area contributed by atoms with Crippen molar-refractivity contribution in [1.29, 1.82) is 0 Å². The Morgan fingerprint density at radius 1 is 1.16 bits per heavy atom. The van der Waals surface area contributed by atoms with Gasteiger partial charge < -0.3 is 15.5 Å². The third kappa shape index (κ3) is 3.62. The minimum Gasteiger partial charge on any atom is -0.355 e. The molecule has 0 radical (unpaired) electrons. The van der Waals surface area contributed by atoms with E-state index in [4.69, 9.17) is 10.7 Å². The zero-order valence-corrected chi connectivity index (χ0v) is 21.0. The van der Waals surface area contributed by atoms with Crippen molar-refractivity contribution < 1.29 is 13.6 Å². The number of benzene rings is 1. The van der Waals surface area contributed by atoms with E-state index in [9.17, 15) is 4.79 Å². The Balaban J connectivity index is 1.31. The molecule has 3 aliphatic rings. The zero-order valence-electron chi connectivity index (χ0n) is 21.0. The van der Waals surface area contributed by atoms with Crippen LogP contribution in [0.15, 0.2) is 42.7 Å². The number of amides is 1. The van der Waals surface area contributed by atoms with Crippen LogP contribution in [0, 0.1) is 0 Å². The van der Waals surface area contributed by atoms with Crippen molar-refractivity contribution in [3.63, 3.8) is 0 Å². The number of aryl methyl sites for hydroxylation is 1. The fourth-order valence-corrected chi connectivity index (χ4v) is 6.46. The molecular weight excluding hydrogens is 474 g/mol. The second-order valence-corrected chi connectivity index (χ2v) is 10.3. The van der Waals surface area contributed by atoms with Crippen LogP contribution in [0.25, 0.3) is 11.3 Å². The highest BCUT2D eigenvalue weighted by Crippen LogP contribution is 2.49. The number of anilines is 2. The summed E-state index contributed by atoms with van der Waals surface area (Å²) in [6.45, 7) is 4.17. The van der Waals surface area contributed by atoms with Crippen LogP contribution in [0.4, 0.5) is 20.3 Å². The van der Waals surface area contributed by atoms with Crippen molar-refractivity contribution in [2.24, 2.45) is 5.73 Å². The number of fused-ring (bicyclic) bond motifs is 3. The summed E-state index contributed by atoms with van der Waals surface area (Å²) in [6.07, 6.45) is 6.67. The standard InChI is InChI=1S/C28H30F2N6O/c1-3-20-26(18-6-4-8-22-25(18)28(29,30)16-36(22)17(2)37)33-15-24(34-20)35-12-9-27(10-13-35)19-7-5-11-32-21(19)14-23(27)31/h4-8,11,15,23H,3,9-10,12-14,16,31H2,1-2H3/t23-/m1/s1. The summed E-state index contributed by atoms with van der Waals surface area (Å²) in [6, 6.07) is 9.12. The molecule has 1 fully saturated rings. The van der Waals surface area contributed by atoms with Crippen LogP contribution in [-0.4, -0.2) is 46.5 Å². The van der Waals surface area contributed by atoms with E-state index in [0.717, 1.165) is 48.8 Å². The number of alkyl halides is 2. The van der Waals surface area contributed by atoms with Crippen LogP contribution in [-0.2, 0) is 29.0 Å². The van der Waals surface area contributed by atoms with Gasteiger partial charge in [-0.3, -0.25) is 14.8 Å². The van der Waals surface area contributed by atoms with Crippen molar-refractivity contribution in [2.75, 3.05) is 29.4 Å². The van der Waals surface area contributed by atoms with Gasteiger partial charge in [-0.2, -0.15) is 8.78 Å². The summed E-state index contributed by atoms with van der Waals surface area (Å²) in [5.74, 6) is -2.82. The Hall–Kier alpha value is -3.46. The second-order valence-electron chi connectivity index (χ2n) is 10.3. The SMILES string of the molecule is CCc1nc(N2CCC3(CC2)c2cccnc2C[C@H]3N)cnc1-c1cccc2c1C(F)(F)CN2C(C)=O. The molecule has 3 aromatic rings. The third-order valence-electron chi connectivity index (χ3n) is 8.39. The van der Waals surface area contributed by atoms with Gasteiger partial charge in [-0.25, -0.2) is 4.98 Å². The summed E-state index contributed by atoms with van der Waals surface area (Å²) in [7, 11) is 0. The smallest absolute Gasteiger partial charge is 0.293 e. The average molecular weight is 505 g/mol. The van der Waals surface area contributed by atoms with E-state index in [1.165, 1.54) is 12.5 Å². The monoisotopic (exact) mass is 504 g/mol. The minimum atomic E-state index is -3.16. The van der Waals surface area contributed by atoms with Gasteiger partial charge in [0, 0.05) is 55.3 Å². The maximum absolute atomic E-state index is 15.1. The molecule has 1 amide bonds. The van der Waals surface area contributed by atoms with E-state index in [1.54, 1.807) is 24.4 Å². The number of halogens is 2. The van der Waals surface area contributed by atoms with Gasteiger partial charge in [-0.1, -0.05) is 25.1 Å². The van der Waals surface area contributed by atoms with Crippen LogP contribution in [0.2, 0.25) is 0 Å². The highest BCUT2D eigenvalue weighted by atomic mass is 19.3. The van der Waals surface area contributed by atoms with Crippen LogP contribution in [0.5, 0.6) is 0 Å². The quantitative estimate of drug-likeness (QED) is 0.581. The summed E-state index contributed by atoms with van der Waals surface area (Å²) < 4.78 is 30.2. The first-order valence-electron chi connectivity index (χ1n) is 12.9. The molecule has 37 heavy (non-hydrogen) atoms. The number of aromatic nitrogens is 3. The first-order valence-corrected chi connectivity index (χ1v) is 12.9. The lowest BCUT2D eigenvalue weighted by Crippen LogP contribution is -2.50. The molecule has 192 valence electrons. The Morgan fingerprint density at radius 2 is 1.95 bits per heavy atom. The highest BCUT2D eigenvalue weighted by Gasteiger charge is 2.48. The molecular formula is C28H30F2N6O. The highest BCUT2D eigenvalue weighted by molar-refractivity contribution is 5.96. The van der Waals surface area contributed by atoms with Gasteiger partial charge in [-0.15, -0.1) is 0 Å². The number of piperidine rings is 1. The Labute approximate surface area is 214 Å². The largest absolute Gasteiger partial charge is 0.355 e. The molecule has 2 N–H and O–H groups in total. The fraction of sp³-hybridized carbons (Fsp3) is 0.429. The number of hydrogen-bond acceptors (Lipinski definition) is 6. The molecule has 2 aromatic heterocycles. The predicted octanol–water partition coefficient (Wildman–Crippen LogP) is 3.98. The van der Waals surface area contributed by atoms with E-state index in [2.05, 4.69) is 20.9 Å². The molecule has 4 heterocycles. The van der Waals surface area contributed by atoms with Crippen molar-refractivity contribution in [3.8, 4) is 11.3 Å². The molecule has 9 heteroatoms. The van der Waals surface area contributed by atoms with Gasteiger partial charge in [0.2, 0.25) is 5.91 Å². The molecule has 2 aliphatic heterocycles. The lowest BCUT2D eigenvalue weighted by atomic mass is 9.71. The molecule has 7 nitrogen and oxygen atoms in total. The van der Waals surface area contributed by atoms with E-state index in [1.807, 2.05) is 19.2 Å². The molecule has 0 saturated carbocycles. The second kappa shape index (κ2) is 8.55. The van der Waals surface area contributed by atoms with E-state index < -0.39 is 18.4 Å². The Morgan fingerprint density at radius 3 is 2.68 bits per heavy atom. The molecule has 1 aromatic carbocycles. The number of nitrogens with two attached hydrogens (primary N) is 1. The lowest BCUT2D eigenvalue weighted by Gasteiger charge is -2.43. The maximum atomic E-state index is 15.1. The summed E-state index contributed by atoms with van der Waals surface area (Å²) in [5.41, 5.74) is 10.5. The lowest BCUT2D eigenvalue weighted by molar-refractivity contribution is -0.117. The number of carbonyl (C=O) groups is 1. The van der Waals surface area contributed by atoms with Gasteiger partial charge >= 0.3 is 0 Å². The van der Waals surface area contributed by atoms with E-state index >= 15 is 8.78 Å². The summed E-state index contributed by atoms with van der Waals surface area (Å²) in [4.78, 5) is 29.5. The predicted molar refractivity (Wildman–Crippen MR) is 138 cm³/mol. The van der Waals surface area contributed by atoms with Crippen molar-refractivity contribution >= 4 is 17.4 Å². The third-order valence-corrected chi connectivity index (χ3v) is 8.39. The van der Waals surface area contributed by atoms with Crippen LogP contribution < -0.4 is 15.5 Å². The number of hydrogen-bond donors (Lipinski definition) is 1. The first-order chi connectivity index (χ1) is 17.7. The van der Waals surface area contributed by atoms with Gasteiger partial charge in [0.05, 0.1) is 35.4 Å². The summed E-state index contributed by atoms with van der Waals surface area (Å²) in [5, 5.41) is 0. The topological polar surface area (TPSA) is 88.2 Å². The van der Waals surface area contributed by atoms with Crippen LogP contribution in [0.1, 0.15) is 49.2 Å². The van der Waals surface area contributed by atoms with Gasteiger partial charge in [0.1, 0.15) is 5.82 Å². The van der Waals surface area contributed by atoms with Gasteiger partial charge in [0.25, 0.3) is 5.92 Å². The van der Waals surface area contributed by atoms with E-state index in [0.29, 0.717) is 23.4 Å². The fourth-order valence-electron chi connectivity index (χ4n) is 6.46. The number of rotatable bonds is 3. The van der Waals surface area contributed by atoms with Gasteiger partial charge in [-0.05, 0) is 37.0 Å².